The van der Waals surface area contributed by atoms with Crippen molar-refractivity contribution in [2.45, 2.75) is 12.5 Å². The van der Waals surface area contributed by atoms with E-state index >= 15 is 0 Å². The van der Waals surface area contributed by atoms with Crippen molar-refractivity contribution in [3.8, 4) is 5.75 Å². The van der Waals surface area contributed by atoms with Crippen molar-refractivity contribution in [3.05, 3.63) is 23.8 Å². The molecule has 2 N–H and O–H groups in total. The van der Waals surface area contributed by atoms with E-state index in [0.29, 0.717) is 13.0 Å². The highest BCUT2D eigenvalue weighted by molar-refractivity contribution is 6.50. The van der Waals surface area contributed by atoms with Crippen LogP contribution in [0, 0.1) is 0 Å². The van der Waals surface area contributed by atoms with Crippen molar-refractivity contribution in [1.29, 1.82) is 0 Å². The second kappa shape index (κ2) is 6.05. The smallest absolute Gasteiger partial charge is 0.335 e. The topological polar surface area (TPSA) is 50.7 Å². The number of nitrogens with one attached hydrogen (secondary N) is 1. The molecule has 1 aromatic rings. The minimum Gasteiger partial charge on any atom is -0.494 e. The monoisotopic (exact) mass is 234 g/mol. The van der Waals surface area contributed by atoms with Gasteiger partial charge in [0.1, 0.15) is 5.75 Å². The molecule has 1 heterocycles. The summed E-state index contributed by atoms with van der Waals surface area (Å²) in [5, 5.41) is 11.8. The van der Waals surface area contributed by atoms with E-state index in [-0.39, 0.29) is 12.7 Å². The number of ether oxygens (including phenoxy) is 1. The summed E-state index contributed by atoms with van der Waals surface area (Å²) in [6.45, 7) is 1.46. The number of rotatable bonds is 6. The van der Waals surface area contributed by atoms with Gasteiger partial charge in [0.05, 0.1) is 12.7 Å². The first-order valence-corrected chi connectivity index (χ1v) is 5.86. The Morgan fingerprint density at radius 1 is 1.53 bits per heavy atom. The minimum absolute atomic E-state index is 0.0661. The van der Waals surface area contributed by atoms with E-state index in [1.807, 2.05) is 19.2 Å². The van der Waals surface area contributed by atoms with E-state index in [9.17, 15) is 0 Å². The molecule has 1 aliphatic rings. The maximum absolute atomic E-state index is 8.73. The van der Waals surface area contributed by atoms with Gasteiger partial charge in [-0.3, -0.25) is 0 Å². The van der Waals surface area contributed by atoms with Crippen LogP contribution in [-0.4, -0.2) is 39.4 Å². The quantitative estimate of drug-likeness (QED) is 0.536. The van der Waals surface area contributed by atoms with Crippen LogP contribution in [0.3, 0.4) is 0 Å². The molecular weight excluding hydrogens is 217 g/mol. The molecule has 1 aliphatic heterocycles. The molecule has 0 bridgehead atoms. The number of aliphatic hydroxyl groups excluding tert-OH is 1. The van der Waals surface area contributed by atoms with Crippen LogP contribution in [0.15, 0.2) is 18.2 Å². The lowest BCUT2D eigenvalue weighted by Crippen LogP contribution is -2.18. The zero-order valence-electron chi connectivity index (χ0n) is 9.98. The highest BCUT2D eigenvalue weighted by Gasteiger charge is 2.26. The third kappa shape index (κ3) is 2.80. The average Bonchev–Trinajstić information content (AvgIpc) is 2.75. The normalized spacial score (nSPS) is 17.6. The standard InChI is InChI=1S/C12H17BNO3/c1-14-8-11-9-4-2-5-10(12(9)13-17-11)16-7-3-6-15/h2,4-5,11,14-15H,3,6-8H2,1H3. The van der Waals surface area contributed by atoms with Gasteiger partial charge in [-0.15, -0.1) is 0 Å². The lowest BCUT2D eigenvalue weighted by atomic mass is 9.85. The van der Waals surface area contributed by atoms with Gasteiger partial charge in [0.2, 0.25) is 0 Å². The summed E-state index contributed by atoms with van der Waals surface area (Å²) in [4.78, 5) is 0. The molecule has 0 amide bonds. The fraction of sp³-hybridized carbons (Fsp3) is 0.500. The van der Waals surface area contributed by atoms with E-state index in [0.717, 1.165) is 23.3 Å². The second-order valence-corrected chi connectivity index (χ2v) is 3.98. The van der Waals surface area contributed by atoms with Gasteiger partial charge in [-0.05, 0) is 24.1 Å². The Morgan fingerprint density at radius 3 is 3.18 bits per heavy atom. The highest BCUT2D eigenvalue weighted by atomic mass is 16.5. The lowest BCUT2D eigenvalue weighted by molar-refractivity contribution is 0.232. The van der Waals surface area contributed by atoms with E-state index in [4.69, 9.17) is 14.5 Å². The molecule has 1 unspecified atom stereocenters. The van der Waals surface area contributed by atoms with Gasteiger partial charge in [-0.25, -0.2) is 0 Å². The van der Waals surface area contributed by atoms with Gasteiger partial charge in [0, 0.05) is 19.6 Å². The Labute approximate surface area is 102 Å². The maximum Gasteiger partial charge on any atom is 0.335 e. The first kappa shape index (κ1) is 12.4. The largest absolute Gasteiger partial charge is 0.494 e. The Bertz CT molecular complexity index is 373. The molecule has 91 valence electrons. The van der Waals surface area contributed by atoms with Crippen LogP contribution in [0.2, 0.25) is 0 Å². The number of benzene rings is 1. The van der Waals surface area contributed by atoms with Crippen molar-refractivity contribution < 1.29 is 14.5 Å². The molecule has 1 aromatic carbocycles. The van der Waals surface area contributed by atoms with E-state index in [1.165, 1.54) is 0 Å². The number of fused-ring (bicyclic) bond motifs is 1. The van der Waals surface area contributed by atoms with Gasteiger partial charge in [-0.2, -0.15) is 0 Å². The Balaban J connectivity index is 2.09. The molecule has 2 rings (SSSR count). The summed E-state index contributed by atoms with van der Waals surface area (Å²) in [7, 11) is 3.66. The molecule has 1 radical (unpaired) electrons. The zero-order valence-corrected chi connectivity index (χ0v) is 9.98. The summed E-state index contributed by atoms with van der Waals surface area (Å²) in [6, 6.07) is 5.95. The van der Waals surface area contributed by atoms with Crippen LogP contribution in [-0.2, 0) is 4.65 Å². The molecule has 0 aliphatic carbocycles. The van der Waals surface area contributed by atoms with Gasteiger partial charge in [-0.1, -0.05) is 12.1 Å². The summed E-state index contributed by atoms with van der Waals surface area (Å²) >= 11 is 0. The number of likely N-dealkylation sites (N-methyl/N-ethyl adjacent to an activating group) is 1. The van der Waals surface area contributed by atoms with Crippen LogP contribution in [0.5, 0.6) is 5.75 Å². The van der Waals surface area contributed by atoms with Gasteiger partial charge >= 0.3 is 7.48 Å². The molecule has 4 nitrogen and oxygen atoms in total. The summed E-state index contributed by atoms with van der Waals surface area (Å²) in [5.41, 5.74) is 2.17. The van der Waals surface area contributed by atoms with Crippen molar-refractivity contribution >= 4 is 12.9 Å². The molecule has 0 saturated heterocycles. The van der Waals surface area contributed by atoms with Crippen LogP contribution >= 0.6 is 0 Å². The minimum atomic E-state index is 0.0661. The summed E-state index contributed by atoms with van der Waals surface area (Å²) in [6.07, 6.45) is 0.709. The summed E-state index contributed by atoms with van der Waals surface area (Å²) in [5.74, 6) is 0.828. The number of hydrogen-bond donors (Lipinski definition) is 2. The van der Waals surface area contributed by atoms with Crippen LogP contribution in [0.4, 0.5) is 0 Å². The molecular formula is C12H17BNO3. The van der Waals surface area contributed by atoms with Gasteiger partial charge in [0.25, 0.3) is 0 Å². The Hall–Kier alpha value is -1.04. The average molecular weight is 234 g/mol. The van der Waals surface area contributed by atoms with Gasteiger partial charge < -0.3 is 19.8 Å². The third-order valence-electron chi connectivity index (χ3n) is 2.75. The first-order valence-electron chi connectivity index (χ1n) is 5.86. The molecule has 0 saturated carbocycles. The van der Waals surface area contributed by atoms with E-state index in [2.05, 4.69) is 11.4 Å². The van der Waals surface area contributed by atoms with E-state index in [1.54, 1.807) is 7.48 Å². The SMILES string of the molecule is CNCC1O[B]c2c(OCCCO)cccc21. The molecule has 17 heavy (non-hydrogen) atoms. The molecule has 0 fully saturated rings. The van der Waals surface area contributed by atoms with Crippen LogP contribution < -0.4 is 15.5 Å². The zero-order chi connectivity index (χ0) is 12.1. The van der Waals surface area contributed by atoms with Crippen molar-refractivity contribution in [2.75, 3.05) is 26.8 Å². The van der Waals surface area contributed by atoms with E-state index < -0.39 is 0 Å². The molecule has 5 heteroatoms. The lowest BCUT2D eigenvalue weighted by Gasteiger charge is -2.12. The van der Waals surface area contributed by atoms with Crippen molar-refractivity contribution in [3.63, 3.8) is 0 Å². The maximum atomic E-state index is 8.73. The Morgan fingerprint density at radius 2 is 2.41 bits per heavy atom. The number of aliphatic hydroxyl groups is 1. The molecule has 1 atom stereocenters. The fourth-order valence-corrected chi connectivity index (χ4v) is 1.91. The first-order chi connectivity index (χ1) is 8.36. The van der Waals surface area contributed by atoms with Crippen molar-refractivity contribution in [1.82, 2.24) is 5.32 Å². The van der Waals surface area contributed by atoms with Crippen LogP contribution in [0.25, 0.3) is 0 Å². The third-order valence-corrected chi connectivity index (χ3v) is 2.75. The predicted octanol–water partition coefficient (Wildman–Crippen LogP) is -0.0170. The fourth-order valence-electron chi connectivity index (χ4n) is 1.91. The highest BCUT2D eigenvalue weighted by Crippen LogP contribution is 2.24. The number of hydrogen-bond acceptors (Lipinski definition) is 4. The van der Waals surface area contributed by atoms with Gasteiger partial charge in [0.15, 0.2) is 0 Å². The molecule has 0 spiro atoms. The Kier molecular flexibility index (Phi) is 4.42. The molecule has 0 aromatic heterocycles. The summed E-state index contributed by atoms with van der Waals surface area (Å²) < 4.78 is 11.2. The van der Waals surface area contributed by atoms with Crippen LogP contribution in [0.1, 0.15) is 18.1 Å². The predicted molar refractivity (Wildman–Crippen MR) is 66.8 cm³/mol. The second-order valence-electron chi connectivity index (χ2n) is 3.98. The van der Waals surface area contributed by atoms with Crippen molar-refractivity contribution in [2.24, 2.45) is 0 Å².